The van der Waals surface area contributed by atoms with Gasteiger partial charge in [0.15, 0.2) is 17.5 Å². The van der Waals surface area contributed by atoms with Crippen molar-refractivity contribution in [3.63, 3.8) is 0 Å². The van der Waals surface area contributed by atoms with Gasteiger partial charge in [0.25, 0.3) is 0 Å². The zero-order valence-electron chi connectivity index (χ0n) is 65.6. The van der Waals surface area contributed by atoms with Gasteiger partial charge in [0.1, 0.15) is 12.0 Å². The Labute approximate surface area is 591 Å². The largest absolute Gasteiger partial charge is 0.536 e. The summed E-state index contributed by atoms with van der Waals surface area (Å²) >= 11 is 0. The smallest absolute Gasteiger partial charge is 0.527 e. The Morgan fingerprint density at radius 1 is 0.592 bits per heavy atom. The van der Waals surface area contributed by atoms with E-state index in [-0.39, 0.29) is 68.6 Å². The van der Waals surface area contributed by atoms with E-state index in [1.165, 1.54) is 44.5 Å². The van der Waals surface area contributed by atoms with Crippen LogP contribution in [-0.2, 0) is 66.3 Å². The predicted molar refractivity (Wildman–Crippen MR) is 408 cm³/mol. The number of nitrogens with zero attached hydrogens (tertiary/aromatic N) is 8. The number of aromatic amines is 1. The number of fused-ring (bicyclic) bond motifs is 3. The highest BCUT2D eigenvalue weighted by Gasteiger charge is 2.33. The third kappa shape index (κ3) is 27.0. The minimum Gasteiger partial charge on any atom is -0.536 e. The number of aliphatic imine (C=N–C) groups is 1. The number of aromatic nitrogens is 7. The van der Waals surface area contributed by atoms with E-state index in [9.17, 15) is 14.9 Å². The van der Waals surface area contributed by atoms with Crippen LogP contribution in [0.4, 0.5) is 0 Å². The molecule has 0 saturated carbocycles. The molecule has 4 N–H and O–H groups in total. The zero-order chi connectivity index (χ0) is 74.2. The molecular weight excluding hydrogens is 1220 g/mol. The van der Waals surface area contributed by atoms with Gasteiger partial charge < -0.3 is 33.9 Å². The number of hydrogen-bond acceptors (Lipinski definition) is 15. The van der Waals surface area contributed by atoms with Crippen LogP contribution in [0, 0.1) is 10.8 Å². The van der Waals surface area contributed by atoms with Crippen LogP contribution in [0.5, 0.6) is 5.75 Å². The lowest BCUT2D eigenvalue weighted by molar-refractivity contribution is -0.115. The molecule has 0 spiro atoms. The molecule has 17 nitrogen and oxygen atoms in total. The molecule has 536 valence electrons. The van der Waals surface area contributed by atoms with Crippen molar-refractivity contribution >= 4 is 43.4 Å². The molecule has 20 heteroatoms. The van der Waals surface area contributed by atoms with E-state index < -0.39 is 7.12 Å². The van der Waals surface area contributed by atoms with Crippen molar-refractivity contribution in [3.05, 3.63) is 166 Å². The van der Waals surface area contributed by atoms with E-state index in [2.05, 4.69) is 260 Å². The Bertz CT molecular complexity index is 3440. The summed E-state index contributed by atoms with van der Waals surface area (Å²) in [5.41, 5.74) is 16.7. The number of hydrogen-bond donors (Lipinski definition) is 4. The first-order valence-electron chi connectivity index (χ1n) is 34.9. The van der Waals surface area contributed by atoms with Crippen LogP contribution in [-0.4, -0.2) is 95.1 Å². The van der Waals surface area contributed by atoms with Crippen molar-refractivity contribution in [1.29, 1.82) is 0 Å². The highest BCUT2D eigenvalue weighted by Crippen LogP contribution is 2.36. The van der Waals surface area contributed by atoms with Crippen molar-refractivity contribution in [2.24, 2.45) is 15.8 Å². The Morgan fingerprint density at radius 2 is 1.16 bits per heavy atom. The standard InChI is InChI=1S/2C12H17BO.C11H15BO2.C9H14O2.C8H13N.C7H14N2.C7H12N2.C7H11NO.C5H10N4/c1-12(2,3)10-5-6-11-9(7-10)8-14-13(11)4;1-12(2,3)10-6-5-9-8-14-13(4)11(9)7-10;1-11(2,3)9-5-4-8-7-12(13)14-10(8)6-9;1-9(2,3)8-6(10)4-5-7(8)11;1-8(2,3)7-5-4-6-9-7;2*1-7(2,3)9-6-4-5-8-9;1-7(2,3)6-8-4-5-9-6;1-5(2,3)4-6-8-9-7-4/h2*5-7H,8H2,1-4H3;4-6,13H,7H2,1-3H3;10H,4-5H2,1-3H3;4,6H,5H2,1-3H3;4-5,8H,6H2,1-3H3;4-6H,1-3H3;4-5H,1-3H3;1-3H3,(H,6,7,8,9). The third-order valence-electron chi connectivity index (χ3n) is 16.6. The fraction of sp³-hybridized carbons (Fsp3) is 0.577. The topological polar surface area (TPSA) is 211 Å². The number of carbonyl (C=O) groups is 1. The van der Waals surface area contributed by atoms with E-state index in [0.29, 0.717) is 30.5 Å². The molecule has 0 radical (unpaired) electrons. The van der Waals surface area contributed by atoms with Crippen LogP contribution in [0.25, 0.3) is 0 Å². The molecule has 0 amide bonds. The monoisotopic (exact) mass is 1340 g/mol. The van der Waals surface area contributed by atoms with Crippen molar-refractivity contribution < 1.29 is 33.3 Å². The third-order valence-corrected chi connectivity index (χ3v) is 16.6. The molecule has 0 bridgehead atoms. The van der Waals surface area contributed by atoms with Gasteiger partial charge in [0.2, 0.25) is 0 Å². The Kier molecular flexibility index (Phi) is 29.4. The number of rotatable bonds is 0. The fourth-order valence-electron chi connectivity index (χ4n) is 10.4. The number of aliphatic hydroxyl groups excluding tert-OH is 1. The van der Waals surface area contributed by atoms with Gasteiger partial charge in [0.05, 0.1) is 30.7 Å². The van der Waals surface area contributed by atoms with Crippen molar-refractivity contribution in [1.82, 2.24) is 45.8 Å². The Balaban J connectivity index is 0.000000236. The number of aliphatic hydroxyl groups is 1. The van der Waals surface area contributed by atoms with Crippen LogP contribution in [0.3, 0.4) is 0 Å². The number of allylic oxidation sites excluding steroid dienone is 3. The van der Waals surface area contributed by atoms with Crippen LogP contribution < -0.4 is 21.0 Å². The van der Waals surface area contributed by atoms with Gasteiger partial charge in [-0.1, -0.05) is 225 Å². The van der Waals surface area contributed by atoms with Gasteiger partial charge in [-0.3, -0.25) is 14.5 Å². The van der Waals surface area contributed by atoms with Crippen LogP contribution in [0.2, 0.25) is 13.6 Å². The van der Waals surface area contributed by atoms with Gasteiger partial charge in [-0.05, 0) is 120 Å². The predicted octanol–water partition coefficient (Wildman–Crippen LogP) is 16.4. The molecule has 12 rings (SSSR count). The molecule has 3 aromatic heterocycles. The number of oxazole rings is 1. The van der Waals surface area contributed by atoms with Gasteiger partial charge >= 0.3 is 20.9 Å². The molecule has 0 unspecified atom stereocenters. The summed E-state index contributed by atoms with van der Waals surface area (Å²) in [6, 6.07) is 21.6. The van der Waals surface area contributed by atoms with Gasteiger partial charge in [-0.25, -0.2) is 9.99 Å². The Morgan fingerprint density at radius 3 is 1.54 bits per heavy atom. The number of hydrazine groups is 1. The van der Waals surface area contributed by atoms with Gasteiger partial charge in [-0.15, -0.1) is 10.2 Å². The highest BCUT2D eigenvalue weighted by molar-refractivity contribution is 6.68. The average Bonchev–Trinajstić information content (AvgIpc) is 1.63. The van der Waals surface area contributed by atoms with Gasteiger partial charge in [-0.2, -0.15) is 10.3 Å². The number of ketones is 1. The molecule has 1 aliphatic carbocycles. The summed E-state index contributed by atoms with van der Waals surface area (Å²) in [5.74, 6) is 2.78. The summed E-state index contributed by atoms with van der Waals surface area (Å²) in [7, 11) is -0.653. The van der Waals surface area contributed by atoms with E-state index >= 15 is 0 Å². The quantitative estimate of drug-likeness (QED) is 0.104. The second-order valence-corrected chi connectivity index (χ2v) is 35.0. The first kappa shape index (κ1) is 83.6. The van der Waals surface area contributed by atoms with E-state index in [0.717, 1.165) is 49.2 Å². The van der Waals surface area contributed by atoms with Crippen molar-refractivity contribution in [2.75, 3.05) is 6.54 Å². The summed E-state index contributed by atoms with van der Waals surface area (Å²) in [6.07, 6.45) is 17.8. The number of tetrazole rings is 1. The maximum Gasteiger partial charge on any atom is 0.527 e. The Hall–Kier alpha value is -6.86. The highest BCUT2D eigenvalue weighted by atomic mass is 16.5. The van der Waals surface area contributed by atoms with Crippen LogP contribution in [0.1, 0.15) is 251 Å². The SMILES string of the molecule is CB1OCc2cc(C(C)(C)C)ccc21.CB1OCc2ccc(C(C)(C)C)cc21.CC(C)(C)C1=C(O)CCC1=O.CC(C)(C)C1=NC=CC1.CC(C)(C)N1CC=CN1.CC(C)(C)c1ccc2c(c1)OB(O)C2.CC(C)(C)c1ncco1.CC(C)(C)c1nn[nH]n1.CC(C)(C)n1cccn1. The minimum absolute atomic E-state index is 0.00694. The van der Waals surface area contributed by atoms with E-state index in [1.807, 2.05) is 83.0 Å². The van der Waals surface area contributed by atoms with Crippen LogP contribution in [0.15, 0.2) is 131 Å². The summed E-state index contributed by atoms with van der Waals surface area (Å²) in [4.78, 5) is 19.5. The second kappa shape index (κ2) is 34.5. The zero-order valence-corrected chi connectivity index (χ0v) is 65.6. The van der Waals surface area contributed by atoms with Crippen molar-refractivity contribution in [3.8, 4) is 5.75 Å². The fourth-order valence-corrected chi connectivity index (χ4v) is 10.4. The molecule has 8 heterocycles. The summed E-state index contributed by atoms with van der Waals surface area (Å²) < 4.78 is 23.5. The average molecular weight is 1350 g/mol. The molecule has 0 saturated heterocycles. The number of carbonyl (C=O) groups excluding carboxylic acids is 1. The van der Waals surface area contributed by atoms with E-state index in [1.54, 1.807) is 18.7 Å². The van der Waals surface area contributed by atoms with E-state index in [4.69, 9.17) is 18.4 Å². The molecule has 0 atom stereocenters. The molecule has 3 aromatic carbocycles. The second-order valence-electron chi connectivity index (χ2n) is 35.0. The first-order valence-corrected chi connectivity index (χ1v) is 34.9. The minimum atomic E-state index is -0.653. The lowest BCUT2D eigenvalue weighted by Crippen LogP contribution is -2.45. The number of benzene rings is 3. The molecule has 98 heavy (non-hydrogen) atoms. The van der Waals surface area contributed by atoms with Crippen LogP contribution >= 0.6 is 0 Å². The lowest BCUT2D eigenvalue weighted by Gasteiger charge is -2.31. The van der Waals surface area contributed by atoms with Crippen molar-refractivity contribution in [2.45, 2.75) is 278 Å². The molecule has 5 aliphatic heterocycles. The molecule has 0 fully saturated rings. The lowest BCUT2D eigenvalue weighted by atomic mass is 9.63. The van der Waals surface area contributed by atoms with Gasteiger partial charge in [0, 0.05) is 90.0 Å². The number of nitrogens with one attached hydrogen (secondary N) is 2. The molecule has 6 aliphatic rings. The molecule has 6 aromatic rings. The number of H-pyrrole nitrogens is 1. The molecular formula is C78H123B3N10O7. The maximum absolute atomic E-state index is 11.2. The first-order chi connectivity index (χ1) is 44.9. The number of Topliss-reactive ketones (excluding diaryl/α,β-unsaturated/α-hetero) is 1. The normalized spacial score (nSPS) is 15.8. The summed E-state index contributed by atoms with van der Waals surface area (Å²) in [5, 5.41) is 38.5. The summed E-state index contributed by atoms with van der Waals surface area (Å²) in [6.45, 7) is 65.0. The maximum atomic E-state index is 11.2.